The maximum atomic E-state index is 13.4. The number of hydrogen-bond acceptors (Lipinski definition) is 12. The van der Waals surface area contributed by atoms with Crippen molar-refractivity contribution in [3.05, 3.63) is 272 Å². The topological polar surface area (TPSA) is 301 Å². The average Bonchev–Trinajstić information content (AvgIpc) is 1.64. The summed E-state index contributed by atoms with van der Waals surface area (Å²) < 4.78 is 36.3. The van der Waals surface area contributed by atoms with Crippen LogP contribution in [0, 0.1) is 25.5 Å². The van der Waals surface area contributed by atoms with Crippen LogP contribution in [0.4, 0.5) is 8.78 Å². The third kappa shape index (κ3) is 16.0. The Morgan fingerprint density at radius 1 is 0.275 bits per heavy atom. The van der Waals surface area contributed by atoms with E-state index in [4.69, 9.17) is 23.2 Å². The number of nitrogens with one attached hydrogen (secondary N) is 6. The summed E-state index contributed by atoms with van der Waals surface area (Å²) >= 11 is 12.0. The number of hydrogen-bond donors (Lipinski definition) is 6. The summed E-state index contributed by atoms with van der Waals surface area (Å²) in [4.78, 5) is 123. The first-order valence-corrected chi connectivity index (χ1v) is 41.9. The highest BCUT2D eigenvalue weighted by molar-refractivity contribution is 6.31. The predicted molar refractivity (Wildman–Crippen MR) is 480 cm³/mol. The van der Waals surface area contributed by atoms with Gasteiger partial charge >= 0.3 is 0 Å². The standard InChI is InChI=1S/2C16H19N3O.2C15H16ClN3O.2C15H16FN3O/c1-5-11-14(9(2)3)18-16-17-12-8-10(4)6-7-13(12)19(16)15(11)20;1-5-11-14(9(2)3)18-16-17-12-7-6-10(4)8-13(12)19(16)15(11)20;1-4-10-13(8(2)3)18-15-17-11-7-9(16)5-6-12(11)19(15)14(10)20;1-4-10-13(8(2)3)18-15-17-11-6-5-9(16)7-12(11)19(15)14(10)20;1-4-10-13(8(2)3)18-15-17-11-7-9(16)5-6-12(11)19(15)14(10)20;1-4-10-13(8(2)3)18-15-17-11-6-5-9(16)7-12(11)19(15)14(10)20/h2*6-9H,5H2,1-4H3,(H,17,18);4*5-8H,4H2,1-3H3,(H,17,18). The molecule has 0 fully saturated rings. The minimum Gasteiger partial charge on any atom is -0.328 e. The molecule has 0 aliphatic heterocycles. The van der Waals surface area contributed by atoms with Gasteiger partial charge in [-0.25, -0.2) is 65.1 Å². The molecule has 0 radical (unpaired) electrons. The number of benzene rings is 6. The van der Waals surface area contributed by atoms with E-state index in [9.17, 15) is 37.5 Å². The molecule has 0 aliphatic carbocycles. The van der Waals surface area contributed by atoms with E-state index < -0.39 is 0 Å². The number of aryl methyl sites for hydroxylation is 2. The quantitative estimate of drug-likeness (QED) is 0.0665. The zero-order chi connectivity index (χ0) is 86.6. The lowest BCUT2D eigenvalue weighted by Crippen LogP contribution is -2.22. The van der Waals surface area contributed by atoms with E-state index in [2.05, 4.69) is 115 Å². The number of aromatic nitrogens is 18. The third-order valence-corrected chi connectivity index (χ3v) is 22.3. The fourth-order valence-corrected chi connectivity index (χ4v) is 16.3. The highest BCUT2D eigenvalue weighted by Gasteiger charge is 2.24. The number of fused-ring (bicyclic) bond motifs is 18. The molecule has 28 heteroatoms. The second-order valence-corrected chi connectivity index (χ2v) is 33.0. The van der Waals surface area contributed by atoms with Gasteiger partial charge in [-0.05, 0) is 184 Å². The van der Waals surface area contributed by atoms with Crippen LogP contribution in [0.1, 0.15) is 239 Å². The molecule has 0 aliphatic rings. The lowest BCUT2D eigenvalue weighted by Gasteiger charge is -2.11. The van der Waals surface area contributed by atoms with E-state index in [-0.39, 0.29) is 80.5 Å². The van der Waals surface area contributed by atoms with Crippen LogP contribution in [0.2, 0.25) is 10.0 Å². The zero-order valence-corrected chi connectivity index (χ0v) is 72.9. The molecular weight excluding hydrogens is 1560 g/mol. The Kier molecular flexibility index (Phi) is 24.8. The van der Waals surface area contributed by atoms with E-state index in [1.807, 2.05) is 132 Å². The number of nitrogens with zero attached hydrogens (tertiary/aromatic N) is 12. The molecule has 624 valence electrons. The fourth-order valence-electron chi connectivity index (χ4n) is 16.0. The lowest BCUT2D eigenvalue weighted by atomic mass is 10.0. The summed E-state index contributed by atoms with van der Waals surface area (Å²) in [7, 11) is 0. The van der Waals surface area contributed by atoms with Crippen LogP contribution in [-0.4, -0.2) is 86.2 Å². The van der Waals surface area contributed by atoms with Crippen LogP contribution in [0.25, 0.3) is 101 Å². The maximum Gasteiger partial charge on any atom is 0.262 e. The average molecular weight is 1660 g/mol. The molecule has 12 aromatic heterocycles. The molecule has 24 nitrogen and oxygen atoms in total. The summed E-state index contributed by atoms with van der Waals surface area (Å²) in [6.45, 7) is 40.8. The first-order valence-electron chi connectivity index (χ1n) is 41.1. The molecule has 0 bridgehead atoms. The van der Waals surface area contributed by atoms with Gasteiger partial charge in [0.15, 0.2) is 0 Å². The number of rotatable bonds is 12. The molecule has 0 unspecified atom stereocenters. The van der Waals surface area contributed by atoms with E-state index in [0.29, 0.717) is 92.5 Å². The van der Waals surface area contributed by atoms with Gasteiger partial charge in [-0.15, -0.1) is 0 Å². The molecule has 6 aromatic carbocycles. The van der Waals surface area contributed by atoms with Crippen molar-refractivity contribution in [3.8, 4) is 0 Å². The molecule has 0 saturated carbocycles. The predicted octanol–water partition coefficient (Wildman–Crippen LogP) is 19.4. The molecule has 18 aromatic rings. The number of H-pyrrole nitrogens is 6. The Balaban J connectivity index is 0.000000124. The first-order chi connectivity index (χ1) is 57.1. The molecule has 6 N–H and O–H groups in total. The Morgan fingerprint density at radius 2 is 0.500 bits per heavy atom. The van der Waals surface area contributed by atoms with Gasteiger partial charge in [0.2, 0.25) is 34.7 Å². The van der Waals surface area contributed by atoms with Crippen LogP contribution in [0.5, 0.6) is 0 Å². The molecule has 12 heterocycles. The Hall–Kier alpha value is -12.2. The molecular formula is C92H102Cl2F2N18O6. The Morgan fingerprint density at radius 3 is 0.842 bits per heavy atom. The molecule has 18 rings (SSSR count). The highest BCUT2D eigenvalue weighted by Crippen LogP contribution is 2.29. The minimum atomic E-state index is -0.371. The van der Waals surface area contributed by atoms with Crippen molar-refractivity contribution in [1.29, 1.82) is 0 Å². The van der Waals surface area contributed by atoms with Crippen molar-refractivity contribution in [3.63, 3.8) is 0 Å². The van der Waals surface area contributed by atoms with Gasteiger partial charge < -0.3 is 29.9 Å². The van der Waals surface area contributed by atoms with Crippen molar-refractivity contribution in [1.82, 2.24) is 86.2 Å². The van der Waals surface area contributed by atoms with Crippen LogP contribution < -0.4 is 33.4 Å². The lowest BCUT2D eigenvalue weighted by molar-refractivity contribution is 0.629. The maximum absolute atomic E-state index is 13.4. The fraction of sp³-hybridized carbons (Fsp3) is 0.348. The van der Waals surface area contributed by atoms with Crippen LogP contribution >= 0.6 is 23.2 Å². The van der Waals surface area contributed by atoms with E-state index in [1.54, 1.807) is 54.0 Å². The van der Waals surface area contributed by atoms with Crippen molar-refractivity contribution < 1.29 is 8.78 Å². The Labute approximate surface area is 699 Å². The second kappa shape index (κ2) is 34.7. The third-order valence-electron chi connectivity index (χ3n) is 21.9. The van der Waals surface area contributed by atoms with Gasteiger partial charge in [-0.3, -0.25) is 28.8 Å². The molecule has 120 heavy (non-hydrogen) atoms. The summed E-state index contributed by atoms with van der Waals surface area (Å²) in [5, 5.41) is 1.22. The smallest absolute Gasteiger partial charge is 0.262 e. The van der Waals surface area contributed by atoms with Crippen LogP contribution in [-0.2, 0) is 38.5 Å². The van der Waals surface area contributed by atoms with Gasteiger partial charge in [0.1, 0.15) is 11.6 Å². The minimum absolute atomic E-state index is 0.00489. The van der Waals surface area contributed by atoms with Crippen LogP contribution in [0.15, 0.2) is 138 Å². The van der Waals surface area contributed by atoms with E-state index in [1.165, 1.54) is 33.1 Å². The number of aromatic amines is 6. The van der Waals surface area contributed by atoms with Crippen LogP contribution in [0.3, 0.4) is 0 Å². The van der Waals surface area contributed by atoms with Gasteiger partial charge in [-0.1, -0.05) is 160 Å². The van der Waals surface area contributed by atoms with E-state index >= 15 is 0 Å². The summed E-state index contributed by atoms with van der Waals surface area (Å²) in [6.07, 6.45) is 4.13. The SMILES string of the molecule is CCc1c(C(C)C)[nH]c2nc3cc(C)ccc3n2c1=O.CCc1c(C(C)C)[nH]c2nc3cc(Cl)ccc3n2c1=O.CCc1c(C(C)C)[nH]c2nc3cc(F)ccc3n2c1=O.CCc1c(C(C)C)[nH]c2nc3ccc(C)cc3n2c1=O.CCc1c(C(C)C)[nH]c2nc3ccc(Cl)cc3n2c1=O.CCc1c(C(C)C)[nH]c2nc3ccc(F)cc3n2c1=O. The van der Waals surface area contributed by atoms with Gasteiger partial charge in [0.05, 0.1) is 66.2 Å². The van der Waals surface area contributed by atoms with Crippen molar-refractivity contribution in [2.24, 2.45) is 0 Å². The van der Waals surface area contributed by atoms with Gasteiger partial charge in [-0.2, -0.15) is 0 Å². The molecule has 0 amide bonds. The highest BCUT2D eigenvalue weighted by atomic mass is 35.5. The zero-order valence-electron chi connectivity index (χ0n) is 71.4. The Bertz CT molecular complexity index is 6680. The monoisotopic (exact) mass is 1660 g/mol. The molecule has 0 spiro atoms. The first kappa shape index (κ1) is 85.7. The van der Waals surface area contributed by atoms with Crippen molar-refractivity contribution >= 4 is 124 Å². The molecule has 0 saturated heterocycles. The normalized spacial score (nSPS) is 11.8. The molecule has 0 atom stereocenters. The van der Waals surface area contributed by atoms with Crippen molar-refractivity contribution in [2.75, 3.05) is 0 Å². The summed E-state index contributed by atoms with van der Waals surface area (Å²) in [5.41, 5.74) is 21.5. The summed E-state index contributed by atoms with van der Waals surface area (Å²) in [6, 6.07) is 31.3. The van der Waals surface area contributed by atoms with Gasteiger partial charge in [0, 0.05) is 89.7 Å². The summed E-state index contributed by atoms with van der Waals surface area (Å²) in [5.74, 6) is 4.13. The van der Waals surface area contributed by atoms with Gasteiger partial charge in [0.25, 0.3) is 33.4 Å². The van der Waals surface area contributed by atoms with Crippen molar-refractivity contribution in [2.45, 2.75) is 213 Å². The largest absolute Gasteiger partial charge is 0.328 e. The number of halogens is 4. The number of imidazole rings is 6. The second-order valence-electron chi connectivity index (χ2n) is 32.1. The van der Waals surface area contributed by atoms with E-state index in [0.717, 1.165) is 136 Å².